The molecule has 0 saturated carbocycles. The number of nitrogens with zero attached hydrogens (tertiary/aromatic N) is 1. The van der Waals surface area contributed by atoms with Gasteiger partial charge in [0.25, 0.3) is 0 Å². The lowest BCUT2D eigenvalue weighted by molar-refractivity contribution is 0.284. The summed E-state index contributed by atoms with van der Waals surface area (Å²) in [6, 6.07) is 8.95. The first kappa shape index (κ1) is 14.0. The van der Waals surface area contributed by atoms with Crippen LogP contribution in [0.1, 0.15) is 46.6 Å². The van der Waals surface area contributed by atoms with Crippen molar-refractivity contribution in [1.82, 2.24) is 5.43 Å². The van der Waals surface area contributed by atoms with Gasteiger partial charge in [0, 0.05) is 6.20 Å². The van der Waals surface area contributed by atoms with Crippen molar-refractivity contribution >= 4 is 5.69 Å². The number of benzene rings is 1. The summed E-state index contributed by atoms with van der Waals surface area (Å²) in [6.07, 6.45) is 5.29. The van der Waals surface area contributed by atoms with Gasteiger partial charge in [0.2, 0.25) is 0 Å². The lowest BCUT2D eigenvalue weighted by Gasteiger charge is -2.33. The zero-order valence-corrected chi connectivity index (χ0v) is 12.8. The van der Waals surface area contributed by atoms with Crippen LogP contribution in [-0.4, -0.2) is 6.54 Å². The Hall–Kier alpha value is -1.44. The lowest BCUT2D eigenvalue weighted by Crippen LogP contribution is -2.29. The van der Waals surface area contributed by atoms with Gasteiger partial charge in [-0.15, -0.1) is 0 Å². The van der Waals surface area contributed by atoms with Crippen LogP contribution >= 0.6 is 0 Å². The minimum Gasteiger partial charge on any atom is -0.306 e. The number of nitrogens with one attached hydrogen (secondary N) is 1. The Bertz CT molecular complexity index is 441. The van der Waals surface area contributed by atoms with E-state index in [0.717, 1.165) is 6.54 Å². The minimum atomic E-state index is 0.216. The van der Waals surface area contributed by atoms with Gasteiger partial charge in [0.15, 0.2) is 0 Å². The summed E-state index contributed by atoms with van der Waals surface area (Å²) in [7, 11) is 0. The maximum absolute atomic E-state index is 3.22. The van der Waals surface area contributed by atoms with Crippen LogP contribution in [0.5, 0.6) is 0 Å². The SMILES string of the molecule is CC(C)(C)CC(C)(C)c1ccc(N2CC=CN2)cc1. The Kier molecular flexibility index (Phi) is 3.62. The van der Waals surface area contributed by atoms with Crippen LogP contribution in [0, 0.1) is 5.41 Å². The summed E-state index contributed by atoms with van der Waals surface area (Å²) in [6.45, 7) is 12.5. The van der Waals surface area contributed by atoms with Gasteiger partial charge in [-0.3, -0.25) is 5.01 Å². The van der Waals surface area contributed by atoms with Crippen molar-refractivity contribution in [1.29, 1.82) is 0 Å². The molecule has 0 aromatic heterocycles. The maximum Gasteiger partial charge on any atom is 0.0592 e. The molecular formula is C17H26N2. The van der Waals surface area contributed by atoms with Gasteiger partial charge < -0.3 is 5.43 Å². The maximum atomic E-state index is 3.22. The van der Waals surface area contributed by atoms with Crippen LogP contribution in [-0.2, 0) is 5.41 Å². The lowest BCUT2D eigenvalue weighted by atomic mass is 9.72. The molecule has 1 aliphatic rings. The predicted molar refractivity (Wildman–Crippen MR) is 83.2 cm³/mol. The average Bonchev–Trinajstić information content (AvgIpc) is 2.79. The monoisotopic (exact) mass is 258 g/mol. The molecular weight excluding hydrogens is 232 g/mol. The third-order valence-corrected chi connectivity index (χ3v) is 3.57. The van der Waals surface area contributed by atoms with Gasteiger partial charge in [0.1, 0.15) is 0 Å². The van der Waals surface area contributed by atoms with Crippen molar-refractivity contribution in [2.45, 2.75) is 46.5 Å². The fraction of sp³-hybridized carbons (Fsp3) is 0.529. The van der Waals surface area contributed by atoms with Crippen LogP contribution in [0.4, 0.5) is 5.69 Å². The van der Waals surface area contributed by atoms with Crippen LogP contribution in [0.25, 0.3) is 0 Å². The molecule has 0 radical (unpaired) electrons. The molecule has 0 amide bonds. The van der Waals surface area contributed by atoms with E-state index in [1.807, 2.05) is 6.20 Å². The Morgan fingerprint density at radius 3 is 2.16 bits per heavy atom. The number of hydrogen-bond acceptors (Lipinski definition) is 2. The number of anilines is 1. The normalized spacial score (nSPS) is 15.7. The van der Waals surface area contributed by atoms with E-state index in [0.29, 0.717) is 5.41 Å². The van der Waals surface area contributed by atoms with Crippen molar-refractivity contribution < 1.29 is 0 Å². The van der Waals surface area contributed by atoms with E-state index in [4.69, 9.17) is 0 Å². The second-order valence-electron chi connectivity index (χ2n) is 7.31. The molecule has 1 N–H and O–H groups in total. The van der Waals surface area contributed by atoms with Crippen molar-refractivity contribution in [2.75, 3.05) is 11.6 Å². The van der Waals surface area contributed by atoms with E-state index in [1.165, 1.54) is 17.7 Å². The van der Waals surface area contributed by atoms with Crippen molar-refractivity contribution in [3.63, 3.8) is 0 Å². The van der Waals surface area contributed by atoms with Gasteiger partial charge >= 0.3 is 0 Å². The van der Waals surface area contributed by atoms with Gasteiger partial charge in [0.05, 0.1) is 12.2 Å². The summed E-state index contributed by atoms with van der Waals surface area (Å²) in [4.78, 5) is 0. The molecule has 0 saturated heterocycles. The molecule has 1 aromatic carbocycles. The summed E-state index contributed by atoms with van der Waals surface area (Å²) in [5, 5.41) is 2.14. The molecule has 19 heavy (non-hydrogen) atoms. The third-order valence-electron chi connectivity index (χ3n) is 3.57. The molecule has 104 valence electrons. The minimum absolute atomic E-state index is 0.216. The van der Waals surface area contributed by atoms with E-state index in [1.54, 1.807) is 0 Å². The second kappa shape index (κ2) is 4.92. The smallest absolute Gasteiger partial charge is 0.0592 e. The largest absolute Gasteiger partial charge is 0.306 e. The highest BCUT2D eigenvalue weighted by molar-refractivity contribution is 5.49. The summed E-state index contributed by atoms with van der Waals surface area (Å²) < 4.78 is 0. The Labute approximate surface area is 117 Å². The zero-order valence-electron chi connectivity index (χ0n) is 12.8. The molecule has 0 spiro atoms. The molecule has 1 aromatic rings. The van der Waals surface area contributed by atoms with Crippen molar-refractivity contribution in [3.05, 3.63) is 42.1 Å². The highest BCUT2D eigenvalue weighted by Gasteiger charge is 2.27. The Morgan fingerprint density at radius 1 is 1.05 bits per heavy atom. The topological polar surface area (TPSA) is 15.3 Å². The van der Waals surface area contributed by atoms with Crippen LogP contribution in [0.3, 0.4) is 0 Å². The summed E-state index contributed by atoms with van der Waals surface area (Å²) in [5.74, 6) is 0. The number of rotatable bonds is 3. The van der Waals surface area contributed by atoms with E-state index < -0.39 is 0 Å². The number of hydrogen-bond donors (Lipinski definition) is 1. The van der Waals surface area contributed by atoms with E-state index in [9.17, 15) is 0 Å². The molecule has 0 aliphatic carbocycles. The van der Waals surface area contributed by atoms with Gasteiger partial charge in [-0.25, -0.2) is 0 Å². The molecule has 2 rings (SSSR count). The number of hydrazine groups is 1. The molecule has 0 bridgehead atoms. The molecule has 0 fully saturated rings. The fourth-order valence-electron chi connectivity index (χ4n) is 3.05. The first-order valence-corrected chi connectivity index (χ1v) is 7.07. The quantitative estimate of drug-likeness (QED) is 0.872. The average molecular weight is 258 g/mol. The van der Waals surface area contributed by atoms with Crippen molar-refractivity contribution in [3.8, 4) is 0 Å². The first-order valence-electron chi connectivity index (χ1n) is 7.07. The summed E-state index contributed by atoms with van der Waals surface area (Å²) in [5.41, 5.74) is 6.43. The highest BCUT2D eigenvalue weighted by Crippen LogP contribution is 2.36. The molecule has 1 aliphatic heterocycles. The van der Waals surface area contributed by atoms with E-state index >= 15 is 0 Å². The predicted octanol–water partition coefficient (Wildman–Crippen LogP) is 4.24. The van der Waals surface area contributed by atoms with Gasteiger partial charge in [-0.2, -0.15) is 0 Å². The zero-order chi connectivity index (χ0) is 14.1. The first-order chi connectivity index (χ1) is 8.78. The Morgan fingerprint density at radius 2 is 1.68 bits per heavy atom. The Balaban J connectivity index is 2.13. The fourth-order valence-corrected chi connectivity index (χ4v) is 3.05. The highest BCUT2D eigenvalue weighted by atomic mass is 15.5. The van der Waals surface area contributed by atoms with Gasteiger partial charge in [-0.05, 0) is 41.0 Å². The molecule has 2 nitrogen and oxygen atoms in total. The van der Waals surface area contributed by atoms with Crippen molar-refractivity contribution in [2.24, 2.45) is 5.41 Å². The summed E-state index contributed by atoms with van der Waals surface area (Å²) >= 11 is 0. The van der Waals surface area contributed by atoms with E-state index in [-0.39, 0.29) is 5.41 Å². The van der Waals surface area contributed by atoms with Crippen LogP contribution in [0.2, 0.25) is 0 Å². The van der Waals surface area contributed by atoms with Gasteiger partial charge in [-0.1, -0.05) is 46.8 Å². The standard InChI is InChI=1S/C17H26N2/c1-16(2,3)13-17(4,5)14-7-9-15(10-8-14)19-12-6-11-18-19/h6-11,18H,12-13H2,1-5H3. The molecule has 0 unspecified atom stereocenters. The van der Waals surface area contributed by atoms with Crippen LogP contribution < -0.4 is 10.4 Å². The third kappa shape index (κ3) is 3.52. The molecule has 1 heterocycles. The van der Waals surface area contributed by atoms with Crippen LogP contribution in [0.15, 0.2) is 36.5 Å². The molecule has 0 atom stereocenters. The molecule has 2 heteroatoms. The van der Waals surface area contributed by atoms with E-state index in [2.05, 4.69) is 75.4 Å². The second-order valence-corrected chi connectivity index (χ2v) is 7.31.